The highest BCUT2D eigenvalue weighted by Gasteiger charge is 2.28. The van der Waals surface area contributed by atoms with Gasteiger partial charge in [-0.2, -0.15) is 4.31 Å². The number of allylic oxidation sites excluding steroid dienone is 1. The first kappa shape index (κ1) is 25.0. The van der Waals surface area contributed by atoms with Crippen molar-refractivity contribution >= 4 is 49.6 Å². The predicted octanol–water partition coefficient (Wildman–Crippen LogP) is 4.60. The number of nitrogens with one attached hydrogen (secondary N) is 1. The number of para-hydroxylation sites is 1. The average molecular weight is 514 g/mol. The summed E-state index contributed by atoms with van der Waals surface area (Å²) in [5.74, 6) is -0.152. The van der Waals surface area contributed by atoms with Crippen molar-refractivity contribution in [2.75, 3.05) is 31.6 Å². The van der Waals surface area contributed by atoms with Crippen LogP contribution in [-0.4, -0.2) is 53.8 Å². The number of azo groups is 1. The minimum atomic E-state index is -3.73. The molecule has 2 N–H and O–H groups in total. The Morgan fingerprint density at radius 1 is 1.26 bits per heavy atom. The lowest BCUT2D eigenvalue weighted by Gasteiger charge is -2.26. The molecule has 0 atom stereocenters. The number of fused-ring (bicyclic) bond motifs is 1. The van der Waals surface area contributed by atoms with Gasteiger partial charge in [-0.3, -0.25) is 0 Å². The molecule has 0 saturated carbocycles. The van der Waals surface area contributed by atoms with Gasteiger partial charge in [0.1, 0.15) is 0 Å². The van der Waals surface area contributed by atoms with Crippen molar-refractivity contribution in [3.63, 3.8) is 0 Å². The van der Waals surface area contributed by atoms with Gasteiger partial charge in [0.25, 0.3) is 0 Å². The van der Waals surface area contributed by atoms with Gasteiger partial charge in [0.05, 0.1) is 23.6 Å². The molecule has 1 fully saturated rings. The van der Waals surface area contributed by atoms with Gasteiger partial charge in [-0.15, -0.1) is 16.8 Å². The second-order valence-electron chi connectivity index (χ2n) is 7.91. The molecule has 9 nitrogen and oxygen atoms in total. The molecular formula is C24H27N5O4S2. The molecule has 1 aromatic heterocycles. The summed E-state index contributed by atoms with van der Waals surface area (Å²) in [5, 5.41) is 22.8. The van der Waals surface area contributed by atoms with Gasteiger partial charge >= 0.3 is 0 Å². The number of nitrogens with zero attached hydrogens (tertiary/aromatic N) is 4. The first-order valence-corrected chi connectivity index (χ1v) is 13.1. The number of sulfonamides is 1. The van der Waals surface area contributed by atoms with Crippen molar-refractivity contribution in [1.82, 2.24) is 8.87 Å². The van der Waals surface area contributed by atoms with Gasteiger partial charge in [0.2, 0.25) is 21.0 Å². The molecule has 0 unspecified atom stereocenters. The predicted molar refractivity (Wildman–Crippen MR) is 140 cm³/mol. The summed E-state index contributed by atoms with van der Waals surface area (Å²) in [6.45, 7) is 7.36. The Kier molecular flexibility index (Phi) is 7.60. The fraction of sp³-hybridized carbons (Fsp3) is 0.292. The number of morpholine rings is 1. The molecular weight excluding hydrogens is 486 g/mol. The maximum Gasteiger partial charge on any atom is 0.243 e. The van der Waals surface area contributed by atoms with E-state index in [1.54, 1.807) is 16.7 Å². The third-order valence-corrected chi connectivity index (χ3v) is 7.86. The molecule has 2 heterocycles. The molecule has 184 valence electrons. The molecule has 3 aromatic rings. The van der Waals surface area contributed by atoms with Crippen LogP contribution in [0.5, 0.6) is 5.88 Å². The summed E-state index contributed by atoms with van der Waals surface area (Å²) in [6.07, 6.45) is 2.45. The van der Waals surface area contributed by atoms with Crippen LogP contribution in [0.25, 0.3) is 10.9 Å². The van der Waals surface area contributed by atoms with Crippen LogP contribution in [0.3, 0.4) is 0 Å². The van der Waals surface area contributed by atoms with Crippen LogP contribution in [0.4, 0.5) is 11.4 Å². The molecule has 0 aliphatic carbocycles. The number of aryl methyl sites for hydroxylation is 1. The fourth-order valence-electron chi connectivity index (χ4n) is 4.00. The third-order valence-electron chi connectivity index (χ3n) is 5.78. The molecule has 35 heavy (non-hydrogen) atoms. The van der Waals surface area contributed by atoms with Crippen LogP contribution in [0.2, 0.25) is 0 Å². The van der Waals surface area contributed by atoms with E-state index >= 15 is 0 Å². The van der Waals surface area contributed by atoms with Crippen molar-refractivity contribution in [3.8, 4) is 5.88 Å². The normalized spacial score (nSPS) is 15.0. The zero-order chi connectivity index (χ0) is 25.0. The number of thiocarbonyl (C=S) groups is 1. The lowest BCUT2D eigenvalue weighted by atomic mass is 10.1. The van der Waals surface area contributed by atoms with Crippen molar-refractivity contribution < 1.29 is 18.3 Å². The van der Waals surface area contributed by atoms with Gasteiger partial charge in [-0.05, 0) is 48.5 Å². The van der Waals surface area contributed by atoms with E-state index in [0.29, 0.717) is 30.7 Å². The van der Waals surface area contributed by atoms with Crippen LogP contribution in [0.15, 0.2) is 70.2 Å². The Bertz CT molecular complexity index is 1390. The van der Waals surface area contributed by atoms with E-state index in [9.17, 15) is 13.5 Å². The molecule has 11 heteroatoms. The molecule has 4 rings (SSSR count). The summed E-state index contributed by atoms with van der Waals surface area (Å²) in [7, 11) is -3.73. The second kappa shape index (κ2) is 10.6. The molecule has 1 aliphatic heterocycles. The van der Waals surface area contributed by atoms with Crippen molar-refractivity contribution in [2.24, 2.45) is 10.2 Å². The Morgan fingerprint density at radius 3 is 2.71 bits per heavy atom. The summed E-state index contributed by atoms with van der Waals surface area (Å²) in [6, 6.07) is 12.4. The van der Waals surface area contributed by atoms with Crippen molar-refractivity contribution in [1.29, 1.82) is 0 Å². The molecule has 1 saturated heterocycles. The molecule has 0 spiro atoms. The van der Waals surface area contributed by atoms with E-state index in [1.807, 2.05) is 31.2 Å². The van der Waals surface area contributed by atoms with Crippen molar-refractivity contribution in [2.45, 2.75) is 24.8 Å². The van der Waals surface area contributed by atoms with E-state index in [-0.39, 0.29) is 34.7 Å². The molecule has 1 aliphatic rings. The van der Waals surface area contributed by atoms with Crippen LogP contribution in [-0.2, 0) is 27.7 Å². The summed E-state index contributed by atoms with van der Waals surface area (Å²) < 4.78 is 34.6. The third kappa shape index (κ3) is 5.13. The lowest BCUT2D eigenvalue weighted by molar-refractivity contribution is 0.0730. The van der Waals surface area contributed by atoms with Crippen LogP contribution >= 0.6 is 12.2 Å². The maximum absolute atomic E-state index is 13.2. The van der Waals surface area contributed by atoms with Crippen LogP contribution in [0, 0.1) is 0 Å². The number of hydrogen-bond donors (Lipinski definition) is 2. The Hall–Kier alpha value is -3.12. The van der Waals surface area contributed by atoms with E-state index in [1.165, 1.54) is 16.4 Å². The van der Waals surface area contributed by atoms with Crippen LogP contribution < -0.4 is 5.32 Å². The smallest absolute Gasteiger partial charge is 0.243 e. The van der Waals surface area contributed by atoms with E-state index < -0.39 is 10.0 Å². The van der Waals surface area contributed by atoms with Gasteiger partial charge in [-0.1, -0.05) is 31.2 Å². The Balaban J connectivity index is 1.71. The topological polar surface area (TPSA) is 109 Å². The number of benzene rings is 2. The highest BCUT2D eigenvalue weighted by molar-refractivity contribution is 7.89. The Labute approximate surface area is 209 Å². The zero-order valence-electron chi connectivity index (χ0n) is 19.3. The Morgan fingerprint density at radius 2 is 2.00 bits per heavy atom. The van der Waals surface area contributed by atoms with Crippen LogP contribution in [0.1, 0.15) is 12.5 Å². The second-order valence-corrected chi connectivity index (χ2v) is 10.2. The monoisotopic (exact) mass is 513 g/mol. The largest absolute Gasteiger partial charge is 0.493 e. The molecule has 2 aromatic carbocycles. The molecule has 0 bridgehead atoms. The zero-order valence-corrected chi connectivity index (χ0v) is 21.0. The summed E-state index contributed by atoms with van der Waals surface area (Å²) in [4.78, 5) is 0.108. The number of hydrogen-bond acceptors (Lipinski definition) is 6. The van der Waals surface area contributed by atoms with Gasteiger partial charge in [0.15, 0.2) is 5.69 Å². The maximum atomic E-state index is 13.2. The highest BCUT2D eigenvalue weighted by Crippen LogP contribution is 2.40. The standard InChI is InChI=1S/C24H27N5O4S2/c1-3-11-29-21-10-9-18(35(31,32)28-12-14-33-15-13-28)16-19(21)22(23(29)30)26-27-24(34)25-20-8-6-5-7-17(20)4-2/h3,5-10,16,30H,1,4,11-15H2,2H3,(H,25,34). The average Bonchev–Trinajstić information content (AvgIpc) is 3.13. The van der Waals surface area contributed by atoms with E-state index in [2.05, 4.69) is 22.1 Å². The fourth-order valence-corrected chi connectivity index (χ4v) is 5.58. The van der Waals surface area contributed by atoms with E-state index in [4.69, 9.17) is 17.0 Å². The number of ether oxygens (including phenoxy) is 1. The summed E-state index contributed by atoms with van der Waals surface area (Å²) >= 11 is 5.35. The minimum absolute atomic E-state index is 0.108. The highest BCUT2D eigenvalue weighted by atomic mass is 32.2. The SMILES string of the molecule is C=CCn1c(O)c(N=NC(=S)Nc2ccccc2CC)c2cc(S(=O)(=O)N3CCOCC3)ccc21. The van der Waals surface area contributed by atoms with Gasteiger partial charge in [-0.25, -0.2) is 8.42 Å². The van der Waals surface area contributed by atoms with Crippen molar-refractivity contribution in [3.05, 3.63) is 60.7 Å². The van der Waals surface area contributed by atoms with E-state index in [0.717, 1.165) is 17.7 Å². The number of aromatic nitrogens is 1. The van der Waals surface area contributed by atoms with Gasteiger partial charge in [0, 0.05) is 30.7 Å². The molecule has 0 amide bonds. The number of rotatable bonds is 7. The minimum Gasteiger partial charge on any atom is -0.493 e. The quantitative estimate of drug-likeness (QED) is 0.272. The lowest BCUT2D eigenvalue weighted by Crippen LogP contribution is -2.40. The van der Waals surface area contributed by atoms with Gasteiger partial charge < -0.3 is 19.7 Å². The summed E-state index contributed by atoms with van der Waals surface area (Å²) in [5.41, 5.74) is 2.64. The number of anilines is 1. The molecule has 0 radical (unpaired) electrons. The first-order chi connectivity index (χ1) is 16.9. The number of aromatic hydroxyl groups is 1. The first-order valence-electron chi connectivity index (χ1n) is 11.2.